The summed E-state index contributed by atoms with van der Waals surface area (Å²) in [5.74, 6) is 1.69. The Bertz CT molecular complexity index is 388. The number of phenols is 1. The van der Waals surface area contributed by atoms with E-state index in [0.717, 1.165) is 24.2 Å². The standard InChI is InChI=1S/C17H29NO/c1-12(2)10-18(11-13(3)4)15(6)16-8-7-14(5)9-17(16)19/h7-9,12-13,15,19H,10-11H2,1-6H3. The van der Waals surface area contributed by atoms with E-state index in [4.69, 9.17) is 0 Å². The van der Waals surface area contributed by atoms with Crippen LogP contribution in [0, 0.1) is 18.8 Å². The van der Waals surface area contributed by atoms with Crippen molar-refractivity contribution in [2.75, 3.05) is 13.1 Å². The largest absolute Gasteiger partial charge is 0.508 e. The van der Waals surface area contributed by atoms with Crippen molar-refractivity contribution in [2.45, 2.75) is 47.6 Å². The third-order valence-corrected chi connectivity index (χ3v) is 3.38. The molecule has 0 radical (unpaired) electrons. The normalized spacial score (nSPS) is 13.5. The van der Waals surface area contributed by atoms with Gasteiger partial charge in [-0.15, -0.1) is 0 Å². The van der Waals surface area contributed by atoms with E-state index in [2.05, 4.69) is 51.7 Å². The predicted octanol–water partition coefficient (Wildman–Crippen LogP) is 4.38. The molecule has 0 spiro atoms. The molecule has 0 saturated carbocycles. The number of phenolic OH excluding ortho intramolecular Hbond substituents is 1. The minimum absolute atomic E-state index is 0.255. The van der Waals surface area contributed by atoms with E-state index < -0.39 is 0 Å². The number of benzene rings is 1. The van der Waals surface area contributed by atoms with Gasteiger partial charge in [0, 0.05) is 24.7 Å². The van der Waals surface area contributed by atoms with E-state index in [9.17, 15) is 5.11 Å². The van der Waals surface area contributed by atoms with Gasteiger partial charge in [0.05, 0.1) is 0 Å². The van der Waals surface area contributed by atoms with Gasteiger partial charge in [-0.3, -0.25) is 4.90 Å². The molecule has 1 rings (SSSR count). The van der Waals surface area contributed by atoms with Crippen LogP contribution in [0.15, 0.2) is 18.2 Å². The van der Waals surface area contributed by atoms with E-state index in [1.54, 1.807) is 0 Å². The summed E-state index contributed by atoms with van der Waals surface area (Å²) in [5.41, 5.74) is 2.14. The molecule has 0 aromatic heterocycles. The maximum Gasteiger partial charge on any atom is 0.120 e. The molecule has 2 nitrogen and oxygen atoms in total. The fourth-order valence-corrected chi connectivity index (χ4v) is 2.53. The molecule has 0 heterocycles. The maximum atomic E-state index is 10.2. The van der Waals surface area contributed by atoms with Gasteiger partial charge in [0.1, 0.15) is 5.75 Å². The van der Waals surface area contributed by atoms with E-state index in [1.807, 2.05) is 13.0 Å². The second kappa shape index (κ2) is 6.95. The highest BCUT2D eigenvalue weighted by Crippen LogP contribution is 2.30. The van der Waals surface area contributed by atoms with Gasteiger partial charge < -0.3 is 5.11 Å². The Balaban J connectivity index is 2.93. The van der Waals surface area contributed by atoms with Gasteiger partial charge in [-0.1, -0.05) is 39.8 Å². The first-order valence-corrected chi connectivity index (χ1v) is 7.34. The molecule has 1 unspecified atom stereocenters. The summed E-state index contributed by atoms with van der Waals surface area (Å²) < 4.78 is 0. The summed E-state index contributed by atoms with van der Waals surface area (Å²) in [4.78, 5) is 2.47. The highest BCUT2D eigenvalue weighted by atomic mass is 16.3. The first-order valence-electron chi connectivity index (χ1n) is 7.34. The van der Waals surface area contributed by atoms with Crippen LogP contribution in [-0.4, -0.2) is 23.1 Å². The maximum absolute atomic E-state index is 10.2. The van der Waals surface area contributed by atoms with Gasteiger partial charge >= 0.3 is 0 Å². The smallest absolute Gasteiger partial charge is 0.120 e. The lowest BCUT2D eigenvalue weighted by Gasteiger charge is -2.32. The highest BCUT2D eigenvalue weighted by molar-refractivity contribution is 5.37. The second-order valence-electron chi connectivity index (χ2n) is 6.48. The Morgan fingerprint density at radius 3 is 1.95 bits per heavy atom. The Hall–Kier alpha value is -1.02. The molecule has 1 atom stereocenters. The van der Waals surface area contributed by atoms with Crippen molar-refractivity contribution in [3.8, 4) is 5.75 Å². The summed E-state index contributed by atoms with van der Waals surface area (Å²) in [6.45, 7) is 15.3. The van der Waals surface area contributed by atoms with Crippen molar-refractivity contribution >= 4 is 0 Å². The van der Waals surface area contributed by atoms with Crippen molar-refractivity contribution < 1.29 is 5.11 Å². The molecule has 0 aliphatic heterocycles. The third-order valence-electron chi connectivity index (χ3n) is 3.38. The quantitative estimate of drug-likeness (QED) is 0.823. The molecule has 0 aliphatic rings. The molecule has 0 amide bonds. The highest BCUT2D eigenvalue weighted by Gasteiger charge is 2.20. The molecule has 0 fully saturated rings. The van der Waals surface area contributed by atoms with Crippen LogP contribution in [-0.2, 0) is 0 Å². The molecule has 0 bridgehead atoms. The average molecular weight is 263 g/mol. The molecular formula is C17H29NO. The Labute approximate surface area is 118 Å². The summed E-state index contributed by atoms with van der Waals surface area (Å²) >= 11 is 0. The third kappa shape index (κ3) is 4.87. The van der Waals surface area contributed by atoms with Crippen LogP contribution in [0.25, 0.3) is 0 Å². The number of aromatic hydroxyl groups is 1. The number of nitrogens with zero attached hydrogens (tertiary/aromatic N) is 1. The topological polar surface area (TPSA) is 23.5 Å². The lowest BCUT2D eigenvalue weighted by molar-refractivity contribution is 0.165. The van der Waals surface area contributed by atoms with Gasteiger partial charge in [-0.25, -0.2) is 0 Å². The molecule has 1 aromatic carbocycles. The molecule has 0 aliphatic carbocycles. The van der Waals surface area contributed by atoms with E-state index in [-0.39, 0.29) is 6.04 Å². The van der Waals surface area contributed by atoms with Crippen LogP contribution < -0.4 is 0 Å². The van der Waals surface area contributed by atoms with Crippen LogP contribution in [0.1, 0.15) is 51.8 Å². The molecule has 2 heteroatoms. The number of aryl methyl sites for hydroxylation is 1. The van der Waals surface area contributed by atoms with Crippen molar-refractivity contribution in [1.82, 2.24) is 4.90 Å². The summed E-state index contributed by atoms with van der Waals surface area (Å²) in [7, 11) is 0. The van der Waals surface area contributed by atoms with Crippen molar-refractivity contribution in [1.29, 1.82) is 0 Å². The lowest BCUT2D eigenvalue weighted by atomic mass is 10.0. The second-order valence-corrected chi connectivity index (χ2v) is 6.48. The van der Waals surface area contributed by atoms with Crippen LogP contribution in [0.3, 0.4) is 0 Å². The number of rotatable bonds is 6. The number of hydrogen-bond donors (Lipinski definition) is 1. The first kappa shape index (κ1) is 16.0. The van der Waals surface area contributed by atoms with E-state index >= 15 is 0 Å². The Kier molecular flexibility index (Phi) is 5.86. The Morgan fingerprint density at radius 2 is 1.53 bits per heavy atom. The summed E-state index contributed by atoms with van der Waals surface area (Å²) in [6, 6.07) is 6.25. The molecule has 1 N–H and O–H groups in total. The van der Waals surface area contributed by atoms with Crippen molar-refractivity contribution in [2.24, 2.45) is 11.8 Å². The minimum atomic E-state index is 0.255. The zero-order valence-corrected chi connectivity index (χ0v) is 13.3. The van der Waals surface area contributed by atoms with Crippen LogP contribution in [0.4, 0.5) is 0 Å². The number of hydrogen-bond acceptors (Lipinski definition) is 2. The first-order chi connectivity index (χ1) is 8.81. The lowest BCUT2D eigenvalue weighted by Crippen LogP contribution is -2.33. The van der Waals surface area contributed by atoms with Gasteiger partial charge in [0.2, 0.25) is 0 Å². The van der Waals surface area contributed by atoms with Gasteiger partial charge in [0.15, 0.2) is 0 Å². The molecule has 0 saturated heterocycles. The van der Waals surface area contributed by atoms with E-state index in [1.165, 1.54) is 0 Å². The molecule has 19 heavy (non-hydrogen) atoms. The monoisotopic (exact) mass is 263 g/mol. The van der Waals surface area contributed by atoms with Gasteiger partial charge in [0.25, 0.3) is 0 Å². The SMILES string of the molecule is Cc1ccc(C(C)N(CC(C)C)CC(C)C)c(O)c1. The van der Waals surface area contributed by atoms with Crippen molar-refractivity contribution in [3.63, 3.8) is 0 Å². The zero-order chi connectivity index (χ0) is 14.6. The Morgan fingerprint density at radius 1 is 1.00 bits per heavy atom. The predicted molar refractivity (Wildman–Crippen MR) is 82.5 cm³/mol. The fraction of sp³-hybridized carbons (Fsp3) is 0.647. The molecule has 108 valence electrons. The zero-order valence-electron chi connectivity index (χ0n) is 13.3. The summed E-state index contributed by atoms with van der Waals surface area (Å²) in [5, 5.41) is 10.2. The molecule has 1 aromatic rings. The van der Waals surface area contributed by atoms with Crippen LogP contribution in [0.2, 0.25) is 0 Å². The fourth-order valence-electron chi connectivity index (χ4n) is 2.53. The molecular weight excluding hydrogens is 234 g/mol. The van der Waals surface area contributed by atoms with Crippen LogP contribution >= 0.6 is 0 Å². The minimum Gasteiger partial charge on any atom is -0.508 e. The van der Waals surface area contributed by atoms with Gasteiger partial charge in [-0.2, -0.15) is 0 Å². The van der Waals surface area contributed by atoms with Crippen LogP contribution in [0.5, 0.6) is 5.75 Å². The summed E-state index contributed by atoms with van der Waals surface area (Å²) in [6.07, 6.45) is 0. The average Bonchev–Trinajstić information content (AvgIpc) is 2.26. The van der Waals surface area contributed by atoms with E-state index in [0.29, 0.717) is 17.6 Å². The van der Waals surface area contributed by atoms with Crippen molar-refractivity contribution in [3.05, 3.63) is 29.3 Å². The van der Waals surface area contributed by atoms with Gasteiger partial charge in [-0.05, 0) is 37.3 Å².